The van der Waals surface area contributed by atoms with Crippen molar-refractivity contribution in [3.63, 3.8) is 0 Å². The van der Waals surface area contributed by atoms with E-state index in [-0.39, 0.29) is 24.9 Å². The molecule has 5 nitrogen and oxygen atoms in total. The van der Waals surface area contributed by atoms with Gasteiger partial charge < -0.3 is 14.6 Å². The van der Waals surface area contributed by atoms with Crippen LogP contribution in [-0.2, 0) is 14.3 Å². The van der Waals surface area contributed by atoms with Gasteiger partial charge in [-0.2, -0.15) is 5.26 Å². The summed E-state index contributed by atoms with van der Waals surface area (Å²) < 4.78 is 10.5. The van der Waals surface area contributed by atoms with Crippen molar-refractivity contribution in [2.45, 2.75) is 65.4 Å². The van der Waals surface area contributed by atoms with E-state index in [1.54, 1.807) is 0 Å². The van der Waals surface area contributed by atoms with Gasteiger partial charge in [-0.05, 0) is 53.4 Å². The molecule has 0 aliphatic carbocycles. The zero-order chi connectivity index (χ0) is 19.1. The second-order valence-electron chi connectivity index (χ2n) is 7.03. The molecule has 0 saturated heterocycles. The summed E-state index contributed by atoms with van der Waals surface area (Å²) in [5.74, 6) is -0.367. The number of nitrogens with zero attached hydrogens (tertiary/aromatic N) is 1. The van der Waals surface area contributed by atoms with Gasteiger partial charge >= 0.3 is 5.97 Å². The van der Waals surface area contributed by atoms with Crippen LogP contribution >= 0.6 is 0 Å². The van der Waals surface area contributed by atoms with Crippen molar-refractivity contribution in [3.8, 4) is 6.07 Å². The highest BCUT2D eigenvalue weighted by atomic mass is 16.6. The number of aliphatic hydroxyl groups excluding tert-OH is 1. The molecule has 1 N–H and O–H groups in total. The van der Waals surface area contributed by atoms with Gasteiger partial charge in [-0.3, -0.25) is 4.79 Å². The van der Waals surface area contributed by atoms with Gasteiger partial charge in [0.1, 0.15) is 5.60 Å². The lowest BCUT2D eigenvalue weighted by Gasteiger charge is -2.20. The number of esters is 1. The molecule has 0 aromatic rings. The molecule has 0 aromatic carbocycles. The summed E-state index contributed by atoms with van der Waals surface area (Å²) in [6.07, 6.45) is 9.53. The summed E-state index contributed by atoms with van der Waals surface area (Å²) in [6, 6.07) is 2.21. The summed E-state index contributed by atoms with van der Waals surface area (Å²) in [6.45, 7) is 8.44. The first-order valence-corrected chi connectivity index (χ1v) is 8.91. The molecule has 0 fully saturated rings. The number of hydrogen-bond donors (Lipinski definition) is 1. The first-order chi connectivity index (χ1) is 11.8. The molecule has 0 saturated carbocycles. The van der Waals surface area contributed by atoms with Crippen molar-refractivity contribution in [3.05, 3.63) is 23.8 Å². The van der Waals surface area contributed by atoms with Gasteiger partial charge in [0.05, 0.1) is 32.3 Å². The van der Waals surface area contributed by atoms with Crippen LogP contribution in [-0.4, -0.2) is 36.5 Å². The third-order valence-electron chi connectivity index (χ3n) is 3.18. The fraction of sp³-hybridized carbons (Fsp3) is 0.700. The van der Waals surface area contributed by atoms with Crippen molar-refractivity contribution >= 4 is 5.97 Å². The van der Waals surface area contributed by atoms with Gasteiger partial charge in [0.15, 0.2) is 0 Å². The molecule has 1 atom stereocenters. The lowest BCUT2D eigenvalue weighted by atomic mass is 9.98. The molecule has 0 aliphatic heterocycles. The van der Waals surface area contributed by atoms with Gasteiger partial charge in [-0.15, -0.1) is 0 Å². The Hall–Kier alpha value is -1.64. The van der Waals surface area contributed by atoms with Gasteiger partial charge in [-0.1, -0.05) is 23.8 Å². The van der Waals surface area contributed by atoms with Gasteiger partial charge in [0, 0.05) is 5.92 Å². The van der Waals surface area contributed by atoms with E-state index in [1.165, 1.54) is 0 Å². The lowest BCUT2D eigenvalue weighted by Crippen LogP contribution is -2.24. The molecule has 0 aromatic heterocycles. The third kappa shape index (κ3) is 15.6. The first-order valence-electron chi connectivity index (χ1n) is 8.91. The smallest absolute Gasteiger partial charge is 0.310 e. The van der Waals surface area contributed by atoms with Crippen molar-refractivity contribution in [1.29, 1.82) is 5.26 Å². The number of unbranched alkanes of at least 4 members (excludes halogenated alkanes) is 1. The van der Waals surface area contributed by atoms with Gasteiger partial charge in [0.25, 0.3) is 0 Å². The van der Waals surface area contributed by atoms with E-state index in [0.29, 0.717) is 19.6 Å². The normalized spacial score (nSPS) is 13.7. The second-order valence-corrected chi connectivity index (χ2v) is 7.03. The molecule has 142 valence electrons. The molecule has 0 amide bonds. The van der Waals surface area contributed by atoms with E-state index in [9.17, 15) is 4.79 Å². The molecule has 0 bridgehead atoms. The predicted molar refractivity (Wildman–Crippen MR) is 98.8 cm³/mol. The minimum Gasteiger partial charge on any atom is -0.460 e. The minimum atomic E-state index is -0.496. The second kappa shape index (κ2) is 13.6. The van der Waals surface area contributed by atoms with E-state index >= 15 is 0 Å². The van der Waals surface area contributed by atoms with Crippen molar-refractivity contribution in [2.24, 2.45) is 5.92 Å². The third-order valence-corrected chi connectivity index (χ3v) is 3.18. The Kier molecular flexibility index (Phi) is 12.7. The maximum absolute atomic E-state index is 12.0. The number of aliphatic hydroxyl groups is 1. The Bertz CT molecular complexity index is 469. The van der Waals surface area contributed by atoms with Crippen LogP contribution in [0.5, 0.6) is 0 Å². The summed E-state index contributed by atoms with van der Waals surface area (Å²) >= 11 is 0. The first kappa shape index (κ1) is 23.4. The summed E-state index contributed by atoms with van der Waals surface area (Å²) in [7, 11) is 0. The van der Waals surface area contributed by atoms with Gasteiger partial charge in [-0.25, -0.2) is 0 Å². The van der Waals surface area contributed by atoms with Crippen LogP contribution in [0.4, 0.5) is 0 Å². The Morgan fingerprint density at radius 1 is 1.20 bits per heavy atom. The van der Waals surface area contributed by atoms with Crippen LogP contribution < -0.4 is 0 Å². The summed E-state index contributed by atoms with van der Waals surface area (Å²) in [4.78, 5) is 12.0. The number of hydrogen-bond acceptors (Lipinski definition) is 5. The minimum absolute atomic E-state index is 0.0516. The molecule has 0 rings (SSSR count). The standard InChI is InChI=1S/C20H33NO4/c1-17(16-21)14-18(15-19(23)25-20(2,3)4)10-8-6-5-7-9-12-24-13-11-22/h5,7,10,17,22H,6,8-9,11-15H2,1-4H3/b7-5+,18-10+. The fourth-order valence-corrected chi connectivity index (χ4v) is 2.17. The lowest BCUT2D eigenvalue weighted by molar-refractivity contribution is -0.153. The van der Waals surface area contributed by atoms with Crippen LogP contribution in [0.15, 0.2) is 23.8 Å². The topological polar surface area (TPSA) is 79.5 Å². The molecule has 0 heterocycles. The Morgan fingerprint density at radius 3 is 2.48 bits per heavy atom. The number of nitriles is 1. The van der Waals surface area contributed by atoms with Crippen LogP contribution in [0.1, 0.15) is 59.8 Å². The molecular formula is C20H33NO4. The Morgan fingerprint density at radius 2 is 1.88 bits per heavy atom. The summed E-state index contributed by atoms with van der Waals surface area (Å²) in [5.41, 5.74) is 0.465. The van der Waals surface area contributed by atoms with E-state index < -0.39 is 5.60 Å². The highest BCUT2D eigenvalue weighted by Gasteiger charge is 2.18. The fourth-order valence-electron chi connectivity index (χ4n) is 2.17. The van der Waals surface area contributed by atoms with Crippen LogP contribution in [0, 0.1) is 17.2 Å². The van der Waals surface area contributed by atoms with Crippen molar-refractivity contribution in [2.75, 3.05) is 19.8 Å². The average molecular weight is 351 g/mol. The van der Waals surface area contributed by atoms with Crippen LogP contribution in [0.3, 0.4) is 0 Å². The highest BCUT2D eigenvalue weighted by molar-refractivity contribution is 5.72. The molecule has 0 radical (unpaired) electrons. The van der Waals surface area contributed by atoms with E-state index in [2.05, 4.69) is 18.2 Å². The average Bonchev–Trinajstić information content (AvgIpc) is 2.51. The molecule has 25 heavy (non-hydrogen) atoms. The van der Waals surface area contributed by atoms with Crippen molar-refractivity contribution in [1.82, 2.24) is 0 Å². The molecule has 1 unspecified atom stereocenters. The largest absolute Gasteiger partial charge is 0.460 e. The zero-order valence-corrected chi connectivity index (χ0v) is 16.1. The number of allylic oxidation sites excluding steroid dienone is 2. The van der Waals surface area contributed by atoms with Crippen LogP contribution in [0.25, 0.3) is 0 Å². The SMILES string of the molecule is CC(C#N)C/C(=C\CC/C=C/CCOCCO)CC(=O)OC(C)(C)C. The van der Waals surface area contributed by atoms with E-state index in [1.807, 2.05) is 33.8 Å². The number of rotatable bonds is 12. The van der Waals surface area contributed by atoms with Crippen molar-refractivity contribution < 1.29 is 19.4 Å². The monoisotopic (exact) mass is 351 g/mol. The van der Waals surface area contributed by atoms with E-state index in [4.69, 9.17) is 19.8 Å². The zero-order valence-electron chi connectivity index (χ0n) is 16.1. The Balaban J connectivity index is 4.37. The van der Waals surface area contributed by atoms with Gasteiger partial charge in [0.2, 0.25) is 0 Å². The number of ether oxygens (including phenoxy) is 2. The maximum atomic E-state index is 12.0. The maximum Gasteiger partial charge on any atom is 0.310 e. The molecule has 0 aliphatic rings. The molecule has 5 heteroatoms. The quantitative estimate of drug-likeness (QED) is 0.327. The molecular weight excluding hydrogens is 318 g/mol. The number of carbonyl (C=O) groups is 1. The van der Waals surface area contributed by atoms with E-state index in [0.717, 1.165) is 24.8 Å². The molecule has 0 spiro atoms. The predicted octanol–water partition coefficient (Wildman–Crippen LogP) is 3.93. The Labute approximate surface area is 152 Å². The number of carbonyl (C=O) groups excluding carboxylic acids is 1. The van der Waals surface area contributed by atoms with Crippen LogP contribution in [0.2, 0.25) is 0 Å². The summed E-state index contributed by atoms with van der Waals surface area (Å²) in [5, 5.41) is 17.6. The highest BCUT2D eigenvalue weighted by Crippen LogP contribution is 2.18.